The molecular formula is C19H28N4O6S. The number of carbonyl (C=O) groups excluding carboxylic acids is 4. The van der Waals surface area contributed by atoms with Crippen molar-refractivity contribution in [2.24, 2.45) is 0 Å². The van der Waals surface area contributed by atoms with Crippen LogP contribution in [0.15, 0.2) is 5.38 Å². The molecule has 1 aromatic heterocycles. The van der Waals surface area contributed by atoms with E-state index in [1.165, 1.54) is 11.3 Å². The highest BCUT2D eigenvalue weighted by Gasteiger charge is 2.29. The number of nitrogens with zero attached hydrogens (tertiary/aromatic N) is 2. The SMILES string of the molecule is CCOC(=O)CC(=O)NNC(=O)c1csc(C2CCN(C(=O)OC(C)(C)C)CC2)n1. The Hall–Kier alpha value is -2.69. The van der Waals surface area contributed by atoms with Crippen LogP contribution in [0.3, 0.4) is 0 Å². The average Bonchev–Trinajstić information content (AvgIpc) is 3.15. The molecule has 2 heterocycles. The van der Waals surface area contributed by atoms with Crippen LogP contribution in [0.1, 0.15) is 68.4 Å². The summed E-state index contributed by atoms with van der Waals surface area (Å²) in [5, 5.41) is 2.42. The minimum Gasteiger partial charge on any atom is -0.466 e. The average molecular weight is 441 g/mol. The maximum absolute atomic E-state index is 12.2. The van der Waals surface area contributed by atoms with Crippen LogP contribution < -0.4 is 10.9 Å². The van der Waals surface area contributed by atoms with Crippen molar-refractivity contribution in [3.63, 3.8) is 0 Å². The minimum atomic E-state index is -0.674. The lowest BCUT2D eigenvalue weighted by Gasteiger charge is -2.32. The Balaban J connectivity index is 1.81. The van der Waals surface area contributed by atoms with Gasteiger partial charge in [0.25, 0.3) is 5.91 Å². The van der Waals surface area contributed by atoms with Gasteiger partial charge in [0.1, 0.15) is 17.7 Å². The van der Waals surface area contributed by atoms with Crippen LogP contribution in [0.4, 0.5) is 4.79 Å². The van der Waals surface area contributed by atoms with Gasteiger partial charge in [-0.2, -0.15) is 0 Å². The first kappa shape index (κ1) is 23.6. The van der Waals surface area contributed by atoms with Gasteiger partial charge in [0.05, 0.1) is 11.6 Å². The van der Waals surface area contributed by atoms with E-state index in [-0.39, 0.29) is 24.3 Å². The number of piperidine rings is 1. The maximum Gasteiger partial charge on any atom is 0.410 e. The van der Waals surface area contributed by atoms with Gasteiger partial charge in [-0.05, 0) is 40.5 Å². The lowest BCUT2D eigenvalue weighted by atomic mass is 9.98. The molecule has 2 N–H and O–H groups in total. The molecule has 0 saturated carbocycles. The number of aromatic nitrogens is 1. The number of thiazole rings is 1. The third-order valence-electron chi connectivity index (χ3n) is 4.18. The van der Waals surface area contributed by atoms with Gasteiger partial charge < -0.3 is 14.4 Å². The topological polar surface area (TPSA) is 127 Å². The number of esters is 1. The van der Waals surface area contributed by atoms with Gasteiger partial charge in [0, 0.05) is 24.4 Å². The smallest absolute Gasteiger partial charge is 0.410 e. The Morgan fingerprint density at radius 2 is 1.87 bits per heavy atom. The molecule has 10 nitrogen and oxygen atoms in total. The summed E-state index contributed by atoms with van der Waals surface area (Å²) in [5.41, 5.74) is 4.05. The molecule has 0 spiro atoms. The highest BCUT2D eigenvalue weighted by atomic mass is 32.1. The number of hydrazine groups is 1. The van der Waals surface area contributed by atoms with Gasteiger partial charge in [-0.25, -0.2) is 9.78 Å². The molecule has 3 amide bonds. The fourth-order valence-corrected chi connectivity index (χ4v) is 3.76. The molecule has 1 aliphatic heterocycles. The van der Waals surface area contributed by atoms with E-state index in [1.54, 1.807) is 17.2 Å². The molecule has 166 valence electrons. The number of rotatable bonds is 5. The highest BCUT2D eigenvalue weighted by Crippen LogP contribution is 2.30. The van der Waals surface area contributed by atoms with E-state index >= 15 is 0 Å². The predicted octanol–water partition coefficient (Wildman–Crippen LogP) is 1.97. The lowest BCUT2D eigenvalue weighted by molar-refractivity contribution is -0.146. The fraction of sp³-hybridized carbons (Fsp3) is 0.632. The largest absolute Gasteiger partial charge is 0.466 e. The first-order valence-electron chi connectivity index (χ1n) is 9.77. The number of nitrogens with one attached hydrogen (secondary N) is 2. The molecule has 11 heteroatoms. The number of ether oxygens (including phenoxy) is 2. The van der Waals surface area contributed by atoms with E-state index in [0.717, 1.165) is 17.8 Å². The molecule has 30 heavy (non-hydrogen) atoms. The molecule has 1 aromatic rings. The van der Waals surface area contributed by atoms with Crippen LogP contribution in [-0.4, -0.2) is 59.1 Å². The maximum atomic E-state index is 12.2. The van der Waals surface area contributed by atoms with Gasteiger partial charge in [-0.15, -0.1) is 11.3 Å². The predicted molar refractivity (Wildman–Crippen MR) is 109 cm³/mol. The van der Waals surface area contributed by atoms with E-state index in [1.807, 2.05) is 20.8 Å². The second kappa shape index (κ2) is 10.4. The van der Waals surface area contributed by atoms with Crippen molar-refractivity contribution in [2.75, 3.05) is 19.7 Å². The highest BCUT2D eigenvalue weighted by molar-refractivity contribution is 7.09. The van der Waals surface area contributed by atoms with Crippen molar-refractivity contribution < 1.29 is 28.7 Å². The third kappa shape index (κ3) is 7.29. The molecule has 1 saturated heterocycles. The third-order valence-corrected chi connectivity index (χ3v) is 5.18. The van der Waals surface area contributed by atoms with Crippen molar-refractivity contribution in [1.82, 2.24) is 20.7 Å². The first-order chi connectivity index (χ1) is 14.1. The van der Waals surface area contributed by atoms with Gasteiger partial charge >= 0.3 is 12.1 Å². The minimum absolute atomic E-state index is 0.147. The second-order valence-corrected chi connectivity index (χ2v) is 8.69. The van der Waals surface area contributed by atoms with Crippen LogP contribution in [0.25, 0.3) is 0 Å². The van der Waals surface area contributed by atoms with E-state index in [4.69, 9.17) is 4.74 Å². The standard InChI is InChI=1S/C19H28N4O6S/c1-5-28-15(25)10-14(24)21-22-16(26)13-11-30-17(20-13)12-6-8-23(9-7-12)18(27)29-19(2,3)4/h11-12H,5-10H2,1-4H3,(H,21,24)(H,22,26). The zero-order chi connectivity index (χ0) is 22.3. The zero-order valence-electron chi connectivity index (χ0n) is 17.6. The van der Waals surface area contributed by atoms with Crippen molar-refractivity contribution in [3.8, 4) is 0 Å². The van der Waals surface area contributed by atoms with Crippen molar-refractivity contribution in [2.45, 2.75) is 58.5 Å². The molecule has 1 aliphatic rings. The molecule has 0 radical (unpaired) electrons. The molecule has 0 unspecified atom stereocenters. The summed E-state index contributed by atoms with van der Waals surface area (Å²) >= 11 is 1.36. The summed E-state index contributed by atoms with van der Waals surface area (Å²) in [6, 6.07) is 0. The quantitative estimate of drug-likeness (QED) is 0.407. The fourth-order valence-electron chi connectivity index (χ4n) is 2.79. The van der Waals surface area contributed by atoms with E-state index in [0.29, 0.717) is 13.1 Å². The Kier molecular flexibility index (Phi) is 8.16. The number of amides is 3. The van der Waals surface area contributed by atoms with E-state index in [2.05, 4.69) is 20.6 Å². The molecular weight excluding hydrogens is 412 g/mol. The van der Waals surface area contributed by atoms with Crippen molar-refractivity contribution in [1.29, 1.82) is 0 Å². The molecule has 0 atom stereocenters. The van der Waals surface area contributed by atoms with Crippen molar-refractivity contribution >= 4 is 35.2 Å². The summed E-state index contributed by atoms with van der Waals surface area (Å²) in [4.78, 5) is 53.2. The number of hydrogen-bond donors (Lipinski definition) is 2. The van der Waals surface area contributed by atoms with E-state index in [9.17, 15) is 19.2 Å². The van der Waals surface area contributed by atoms with Crippen LogP contribution >= 0.6 is 11.3 Å². The lowest BCUT2D eigenvalue weighted by Crippen LogP contribution is -2.42. The summed E-state index contributed by atoms with van der Waals surface area (Å²) < 4.78 is 10.1. The molecule has 1 fully saturated rings. The van der Waals surface area contributed by atoms with Gasteiger partial charge in [0.15, 0.2) is 0 Å². The second-order valence-electron chi connectivity index (χ2n) is 7.80. The summed E-state index contributed by atoms with van der Waals surface area (Å²) in [5.74, 6) is -1.76. The first-order valence-corrected chi connectivity index (χ1v) is 10.6. The molecule has 0 bridgehead atoms. The summed E-state index contributed by atoms with van der Waals surface area (Å²) in [7, 11) is 0. The van der Waals surface area contributed by atoms with Crippen LogP contribution in [0.2, 0.25) is 0 Å². The van der Waals surface area contributed by atoms with Crippen molar-refractivity contribution in [3.05, 3.63) is 16.1 Å². The summed E-state index contributed by atoms with van der Waals surface area (Å²) in [6.07, 6.45) is 0.652. The van der Waals surface area contributed by atoms with Gasteiger partial charge in [-0.3, -0.25) is 25.2 Å². The number of hydrogen-bond acceptors (Lipinski definition) is 8. The summed E-state index contributed by atoms with van der Waals surface area (Å²) in [6.45, 7) is 8.43. The molecule has 2 rings (SSSR count). The van der Waals surface area contributed by atoms with E-state index < -0.39 is 29.8 Å². The Bertz CT molecular complexity index is 780. The van der Waals surface area contributed by atoms with Crippen LogP contribution in [0, 0.1) is 0 Å². The monoisotopic (exact) mass is 440 g/mol. The van der Waals surface area contributed by atoms with Gasteiger partial charge in [0.2, 0.25) is 5.91 Å². The van der Waals surface area contributed by atoms with Crippen LogP contribution in [0.5, 0.6) is 0 Å². The number of carbonyl (C=O) groups is 4. The zero-order valence-corrected chi connectivity index (χ0v) is 18.5. The Labute approximate surface area is 179 Å². The Morgan fingerprint density at radius 3 is 2.47 bits per heavy atom. The Morgan fingerprint density at radius 1 is 1.20 bits per heavy atom. The normalized spacial score (nSPS) is 14.7. The van der Waals surface area contributed by atoms with Gasteiger partial charge in [-0.1, -0.05) is 0 Å². The number of likely N-dealkylation sites (tertiary alicyclic amines) is 1. The van der Waals surface area contributed by atoms with Crippen LogP contribution in [-0.2, 0) is 19.1 Å². The molecule has 0 aromatic carbocycles. The molecule has 0 aliphatic carbocycles.